The second kappa shape index (κ2) is 6.01. The average molecular weight is 288 g/mol. The molecule has 110 valence electrons. The van der Waals surface area contributed by atoms with Crippen LogP contribution in [-0.2, 0) is 6.54 Å². The van der Waals surface area contributed by atoms with Gasteiger partial charge in [-0.1, -0.05) is 17.3 Å². The first-order valence-corrected chi connectivity index (χ1v) is 6.07. The maximum atomic E-state index is 8.69. The van der Waals surface area contributed by atoms with Crippen LogP contribution in [0.4, 0.5) is 17.6 Å². The molecule has 0 bridgehead atoms. The van der Waals surface area contributed by atoms with Crippen molar-refractivity contribution in [2.45, 2.75) is 6.54 Å². The zero-order chi connectivity index (χ0) is 15.4. The Balaban J connectivity index is 2.42. The molecule has 0 aliphatic heterocycles. The van der Waals surface area contributed by atoms with E-state index in [1.807, 2.05) is 24.3 Å². The van der Waals surface area contributed by atoms with Crippen LogP contribution in [0.1, 0.15) is 11.4 Å². The first-order valence-electron chi connectivity index (χ1n) is 6.07. The number of nitrogen functional groups attached to an aromatic ring is 1. The van der Waals surface area contributed by atoms with Crippen LogP contribution in [0.5, 0.6) is 0 Å². The molecular formula is C12H16N8O. The Hall–Kier alpha value is -2.94. The first kappa shape index (κ1) is 14.5. The summed E-state index contributed by atoms with van der Waals surface area (Å²) in [5.74, 6) is 0.0120. The maximum Gasteiger partial charge on any atom is 0.235 e. The summed E-state index contributed by atoms with van der Waals surface area (Å²) < 4.78 is 0. The number of hydrogen-bond donors (Lipinski definition) is 4. The van der Waals surface area contributed by atoms with E-state index in [1.165, 1.54) is 0 Å². The molecular weight excluding hydrogens is 272 g/mol. The van der Waals surface area contributed by atoms with Crippen molar-refractivity contribution in [2.75, 3.05) is 17.7 Å². The first-order chi connectivity index (χ1) is 10.0. The summed E-state index contributed by atoms with van der Waals surface area (Å²) in [6.07, 6.45) is 0. The fraction of sp³-hybridized carbons (Fsp3) is 0.167. The summed E-state index contributed by atoms with van der Waals surface area (Å²) in [6, 6.07) is 7.58. The molecule has 0 aliphatic carbocycles. The van der Waals surface area contributed by atoms with E-state index in [9.17, 15) is 0 Å². The number of benzene rings is 1. The lowest BCUT2D eigenvalue weighted by atomic mass is 10.2. The molecule has 21 heavy (non-hydrogen) atoms. The molecule has 9 nitrogen and oxygen atoms in total. The average Bonchev–Trinajstić information content (AvgIpc) is 2.52. The van der Waals surface area contributed by atoms with E-state index in [4.69, 9.17) is 22.4 Å². The third kappa shape index (κ3) is 3.15. The number of nitrogens with two attached hydrogens (primary N) is 3. The highest BCUT2D eigenvalue weighted by molar-refractivity contribution is 5.93. The second-order valence-corrected chi connectivity index (χ2v) is 4.24. The Morgan fingerprint density at radius 3 is 2.76 bits per heavy atom. The van der Waals surface area contributed by atoms with Crippen LogP contribution >= 0.6 is 0 Å². The molecule has 0 radical (unpaired) electrons. The van der Waals surface area contributed by atoms with Gasteiger partial charge in [0.05, 0.1) is 0 Å². The van der Waals surface area contributed by atoms with Crippen LogP contribution in [0.3, 0.4) is 0 Å². The zero-order valence-corrected chi connectivity index (χ0v) is 11.4. The number of hydrogen-bond acceptors (Lipinski definition) is 8. The van der Waals surface area contributed by atoms with E-state index < -0.39 is 0 Å². The van der Waals surface area contributed by atoms with Crippen LogP contribution < -0.4 is 22.1 Å². The number of oxime groups is 1. The minimum absolute atomic E-state index is 0.00169. The van der Waals surface area contributed by atoms with Gasteiger partial charge in [-0.2, -0.15) is 15.0 Å². The molecule has 0 spiro atoms. The topological polar surface area (TPSA) is 153 Å². The summed E-state index contributed by atoms with van der Waals surface area (Å²) in [6.45, 7) is 0.427. The molecule has 0 atom stereocenters. The summed E-state index contributed by atoms with van der Waals surface area (Å²) >= 11 is 0. The Bertz CT molecular complexity index is 672. The molecule has 0 amide bonds. The van der Waals surface area contributed by atoms with Crippen LogP contribution in [0, 0.1) is 0 Å². The quantitative estimate of drug-likeness (QED) is 0.260. The van der Waals surface area contributed by atoms with Crippen molar-refractivity contribution >= 4 is 23.4 Å². The van der Waals surface area contributed by atoms with Gasteiger partial charge in [0.2, 0.25) is 23.6 Å². The van der Waals surface area contributed by atoms with Crippen molar-refractivity contribution in [2.24, 2.45) is 16.6 Å². The summed E-state index contributed by atoms with van der Waals surface area (Å²) in [5.41, 5.74) is 18.5. The lowest BCUT2D eigenvalue weighted by molar-refractivity contribution is 0.318. The zero-order valence-electron chi connectivity index (χ0n) is 11.4. The monoisotopic (exact) mass is 288 g/mol. The molecule has 1 heterocycles. The van der Waals surface area contributed by atoms with E-state index in [-0.39, 0.29) is 23.6 Å². The molecule has 1 aromatic carbocycles. The lowest BCUT2D eigenvalue weighted by Gasteiger charge is -2.18. The van der Waals surface area contributed by atoms with Gasteiger partial charge >= 0.3 is 0 Å². The largest absolute Gasteiger partial charge is 0.409 e. The van der Waals surface area contributed by atoms with Gasteiger partial charge in [-0.05, 0) is 17.7 Å². The molecule has 0 saturated carbocycles. The highest BCUT2D eigenvalue weighted by Gasteiger charge is 2.13. The van der Waals surface area contributed by atoms with Gasteiger partial charge in [0.25, 0.3) is 0 Å². The van der Waals surface area contributed by atoms with E-state index in [0.29, 0.717) is 6.54 Å². The molecule has 7 N–H and O–H groups in total. The highest BCUT2D eigenvalue weighted by atomic mass is 16.4. The number of nitrogens with zero attached hydrogens (tertiary/aromatic N) is 5. The van der Waals surface area contributed by atoms with Gasteiger partial charge in [0.1, 0.15) is 0 Å². The predicted octanol–water partition coefficient (Wildman–Crippen LogP) is -0.225. The van der Waals surface area contributed by atoms with Gasteiger partial charge in [0.15, 0.2) is 0 Å². The molecule has 0 fully saturated rings. The number of anilines is 3. The van der Waals surface area contributed by atoms with Crippen molar-refractivity contribution in [3.63, 3.8) is 0 Å². The van der Waals surface area contributed by atoms with Crippen LogP contribution in [0.2, 0.25) is 0 Å². The molecule has 0 saturated heterocycles. The summed E-state index contributed by atoms with van der Waals surface area (Å²) in [7, 11) is 1.76. The fourth-order valence-electron chi connectivity index (χ4n) is 1.70. The molecule has 2 aromatic rings. The van der Waals surface area contributed by atoms with Crippen molar-refractivity contribution in [3.05, 3.63) is 35.7 Å². The minimum Gasteiger partial charge on any atom is -0.409 e. The predicted molar refractivity (Wildman–Crippen MR) is 79.1 cm³/mol. The Kier molecular flexibility index (Phi) is 4.14. The van der Waals surface area contributed by atoms with Gasteiger partial charge in [-0.15, -0.1) is 0 Å². The van der Waals surface area contributed by atoms with Crippen molar-refractivity contribution in [3.8, 4) is 0 Å². The van der Waals surface area contributed by atoms with Crippen LogP contribution in [0.15, 0.2) is 29.4 Å². The Morgan fingerprint density at radius 1 is 1.33 bits per heavy atom. The lowest BCUT2D eigenvalue weighted by Crippen LogP contribution is -2.22. The van der Waals surface area contributed by atoms with E-state index in [0.717, 1.165) is 11.3 Å². The number of rotatable bonds is 4. The minimum atomic E-state index is -0.241. The van der Waals surface area contributed by atoms with Crippen molar-refractivity contribution in [1.82, 2.24) is 15.0 Å². The van der Waals surface area contributed by atoms with E-state index in [2.05, 4.69) is 20.1 Å². The number of amidine groups is 1. The van der Waals surface area contributed by atoms with Gasteiger partial charge in [-0.3, -0.25) is 0 Å². The van der Waals surface area contributed by atoms with E-state index in [1.54, 1.807) is 11.9 Å². The smallest absolute Gasteiger partial charge is 0.235 e. The molecule has 0 aliphatic rings. The molecule has 2 rings (SSSR count). The maximum absolute atomic E-state index is 8.69. The molecule has 9 heteroatoms. The second-order valence-electron chi connectivity index (χ2n) is 4.24. The fourth-order valence-corrected chi connectivity index (χ4v) is 1.70. The summed E-state index contributed by atoms with van der Waals surface area (Å²) in [4.78, 5) is 13.7. The third-order valence-corrected chi connectivity index (χ3v) is 2.81. The van der Waals surface area contributed by atoms with Crippen molar-refractivity contribution < 1.29 is 5.21 Å². The van der Waals surface area contributed by atoms with Gasteiger partial charge < -0.3 is 27.3 Å². The van der Waals surface area contributed by atoms with Gasteiger partial charge in [0, 0.05) is 19.3 Å². The Labute approximate surface area is 121 Å². The standard InChI is InChI=1S/C12H16N8O/c1-20(8-4-2-3-7(5-8)6-13)12-17-10(9(14)19-21)16-11(15)18-12/h2-5,21H,6,13H2,1H3,(H2,14,19)(H2,15,16,17,18). The molecule has 1 aromatic heterocycles. The highest BCUT2D eigenvalue weighted by Crippen LogP contribution is 2.21. The normalized spacial score (nSPS) is 11.4. The Morgan fingerprint density at radius 2 is 2.10 bits per heavy atom. The summed E-state index contributed by atoms with van der Waals surface area (Å²) in [5, 5.41) is 11.5. The van der Waals surface area contributed by atoms with Crippen molar-refractivity contribution in [1.29, 1.82) is 0 Å². The van der Waals surface area contributed by atoms with Crippen LogP contribution in [-0.4, -0.2) is 33.0 Å². The van der Waals surface area contributed by atoms with E-state index >= 15 is 0 Å². The molecule has 0 unspecified atom stereocenters. The van der Waals surface area contributed by atoms with Gasteiger partial charge in [-0.25, -0.2) is 0 Å². The number of aromatic nitrogens is 3. The van der Waals surface area contributed by atoms with Crippen LogP contribution in [0.25, 0.3) is 0 Å². The third-order valence-electron chi connectivity index (χ3n) is 2.81. The SMILES string of the molecule is CN(c1cccc(CN)c1)c1nc(N)nc(C(N)=NO)n1.